The number of amides is 1. The van der Waals surface area contributed by atoms with Crippen LogP contribution in [0.25, 0.3) is 0 Å². The van der Waals surface area contributed by atoms with Crippen LogP contribution in [0.2, 0.25) is 0 Å². The molecule has 0 aliphatic heterocycles. The smallest absolute Gasteiger partial charge is 0.261 e. The lowest BCUT2D eigenvalue weighted by molar-refractivity contribution is -0.130. The molecule has 2 rings (SSSR count). The highest BCUT2D eigenvalue weighted by molar-refractivity contribution is 7.92. The van der Waals surface area contributed by atoms with Crippen molar-refractivity contribution >= 4 is 21.6 Å². The summed E-state index contributed by atoms with van der Waals surface area (Å²) >= 11 is 0. The monoisotopic (exact) mass is 404 g/mol. The van der Waals surface area contributed by atoms with Crippen LogP contribution in [0.15, 0.2) is 47.4 Å². The predicted octanol–water partition coefficient (Wildman–Crippen LogP) is 3.61. The van der Waals surface area contributed by atoms with E-state index < -0.39 is 10.0 Å². The third-order valence-electron chi connectivity index (χ3n) is 4.33. The summed E-state index contributed by atoms with van der Waals surface area (Å²) in [5.74, 6) is 0.314. The Labute approximate surface area is 167 Å². The van der Waals surface area contributed by atoms with Crippen molar-refractivity contribution in [1.29, 1.82) is 0 Å². The highest BCUT2D eigenvalue weighted by atomic mass is 32.2. The van der Waals surface area contributed by atoms with E-state index in [1.165, 1.54) is 22.6 Å². The van der Waals surface area contributed by atoms with Gasteiger partial charge < -0.3 is 9.64 Å². The Balaban J connectivity index is 2.08. The molecule has 0 bridgehead atoms. The van der Waals surface area contributed by atoms with Crippen LogP contribution in [0.5, 0.6) is 5.75 Å². The minimum Gasteiger partial charge on any atom is -0.483 e. The molecule has 7 heteroatoms. The maximum atomic E-state index is 12.7. The summed E-state index contributed by atoms with van der Waals surface area (Å²) in [6.45, 7) is 3.79. The number of carbonyl (C=O) groups is 1. The quantitative estimate of drug-likeness (QED) is 0.693. The summed E-state index contributed by atoms with van der Waals surface area (Å²) < 4.78 is 33.4. The van der Waals surface area contributed by atoms with Crippen LogP contribution < -0.4 is 9.46 Å². The normalized spacial score (nSPS) is 11.1. The van der Waals surface area contributed by atoms with Gasteiger partial charge >= 0.3 is 0 Å². The van der Waals surface area contributed by atoms with E-state index in [-0.39, 0.29) is 17.4 Å². The number of rotatable bonds is 9. The topological polar surface area (TPSA) is 75.7 Å². The van der Waals surface area contributed by atoms with Crippen molar-refractivity contribution in [3.8, 4) is 5.75 Å². The van der Waals surface area contributed by atoms with Crippen LogP contribution in [0.1, 0.15) is 30.9 Å². The molecule has 0 aromatic heterocycles. The average molecular weight is 405 g/mol. The van der Waals surface area contributed by atoms with Crippen LogP contribution in [0.4, 0.5) is 5.69 Å². The van der Waals surface area contributed by atoms with Crippen molar-refractivity contribution in [2.45, 2.75) is 38.0 Å². The van der Waals surface area contributed by atoms with Crippen LogP contribution in [-0.2, 0) is 21.2 Å². The van der Waals surface area contributed by atoms with Gasteiger partial charge in [-0.05, 0) is 61.2 Å². The number of anilines is 1. The Kier molecular flexibility index (Phi) is 7.45. The van der Waals surface area contributed by atoms with Gasteiger partial charge in [-0.3, -0.25) is 9.52 Å². The number of nitrogens with zero attached hydrogens (tertiary/aromatic N) is 1. The van der Waals surface area contributed by atoms with Gasteiger partial charge in [0.2, 0.25) is 0 Å². The lowest BCUT2D eigenvalue weighted by atomic mass is 10.1. The number of unbranched alkanes of at least 4 members (excludes halogenated alkanes) is 1. The van der Waals surface area contributed by atoms with Gasteiger partial charge in [-0.1, -0.05) is 25.5 Å². The molecule has 0 fully saturated rings. The molecule has 6 nitrogen and oxygen atoms in total. The van der Waals surface area contributed by atoms with Crippen LogP contribution in [0, 0.1) is 6.92 Å². The second-order valence-corrected chi connectivity index (χ2v) is 8.59. The standard InChI is InChI=1S/C21H28N2O4S/c1-5-6-7-17-8-10-18(11-9-17)22-28(25,26)19-12-13-20(16(2)14-19)27-15-21(24)23(3)4/h8-14,22H,5-7,15H2,1-4H3. The van der Waals surface area contributed by atoms with Gasteiger partial charge in [-0.2, -0.15) is 0 Å². The molecule has 1 amide bonds. The molecule has 0 atom stereocenters. The zero-order chi connectivity index (χ0) is 20.7. The summed E-state index contributed by atoms with van der Waals surface area (Å²) in [6.07, 6.45) is 3.22. The lowest BCUT2D eigenvalue weighted by Crippen LogP contribution is -2.27. The third kappa shape index (κ3) is 5.99. The molecule has 152 valence electrons. The number of benzene rings is 2. The van der Waals surface area contributed by atoms with Gasteiger partial charge in [-0.25, -0.2) is 8.42 Å². The molecule has 0 radical (unpaired) electrons. The first-order chi connectivity index (χ1) is 13.2. The lowest BCUT2D eigenvalue weighted by Gasteiger charge is -2.14. The molecular weight excluding hydrogens is 376 g/mol. The molecule has 0 aliphatic carbocycles. The summed E-state index contributed by atoms with van der Waals surface area (Å²) in [7, 11) is -0.410. The fourth-order valence-electron chi connectivity index (χ4n) is 2.55. The van der Waals surface area contributed by atoms with E-state index in [0.29, 0.717) is 17.0 Å². The van der Waals surface area contributed by atoms with E-state index in [0.717, 1.165) is 19.3 Å². The van der Waals surface area contributed by atoms with Gasteiger partial charge in [0.25, 0.3) is 15.9 Å². The Morgan fingerprint density at radius 3 is 2.36 bits per heavy atom. The van der Waals surface area contributed by atoms with Gasteiger partial charge in [0.1, 0.15) is 5.75 Å². The molecular formula is C21H28N2O4S. The highest BCUT2D eigenvalue weighted by Gasteiger charge is 2.16. The molecule has 0 saturated carbocycles. The predicted molar refractivity (Wildman–Crippen MR) is 111 cm³/mol. The van der Waals surface area contributed by atoms with Crippen molar-refractivity contribution in [3.05, 3.63) is 53.6 Å². The number of likely N-dealkylation sites (N-methyl/N-ethyl adjacent to an activating group) is 1. The van der Waals surface area contributed by atoms with Crippen molar-refractivity contribution in [2.24, 2.45) is 0 Å². The molecule has 0 spiro atoms. The first-order valence-corrected chi connectivity index (χ1v) is 10.8. The summed E-state index contributed by atoms with van der Waals surface area (Å²) in [4.78, 5) is 13.2. The third-order valence-corrected chi connectivity index (χ3v) is 5.71. The Morgan fingerprint density at radius 2 is 1.79 bits per heavy atom. The van der Waals surface area contributed by atoms with Crippen molar-refractivity contribution in [2.75, 3.05) is 25.4 Å². The SMILES string of the molecule is CCCCc1ccc(NS(=O)(=O)c2ccc(OCC(=O)N(C)C)c(C)c2)cc1. The van der Waals surface area contributed by atoms with Crippen LogP contribution in [-0.4, -0.2) is 39.9 Å². The summed E-state index contributed by atoms with van der Waals surface area (Å²) in [6, 6.07) is 12.0. The Hall–Kier alpha value is -2.54. The van der Waals surface area contributed by atoms with Crippen LogP contribution in [0.3, 0.4) is 0 Å². The second-order valence-electron chi connectivity index (χ2n) is 6.91. The zero-order valence-corrected chi connectivity index (χ0v) is 17.7. The number of carbonyl (C=O) groups excluding carboxylic acids is 1. The Morgan fingerprint density at radius 1 is 1.11 bits per heavy atom. The molecule has 28 heavy (non-hydrogen) atoms. The highest BCUT2D eigenvalue weighted by Crippen LogP contribution is 2.24. The Bertz CT molecular complexity index is 907. The van der Waals surface area contributed by atoms with Crippen molar-refractivity contribution in [3.63, 3.8) is 0 Å². The number of hydrogen-bond acceptors (Lipinski definition) is 4. The molecule has 0 aliphatic rings. The van der Waals surface area contributed by atoms with E-state index in [9.17, 15) is 13.2 Å². The van der Waals surface area contributed by atoms with Crippen LogP contribution >= 0.6 is 0 Å². The van der Waals surface area contributed by atoms with E-state index in [1.807, 2.05) is 12.1 Å². The van der Waals surface area contributed by atoms with Crippen molar-refractivity contribution in [1.82, 2.24) is 4.90 Å². The minimum absolute atomic E-state index is 0.0947. The van der Waals surface area contributed by atoms with E-state index in [4.69, 9.17) is 4.74 Å². The number of aryl methyl sites for hydroxylation is 2. The molecule has 0 unspecified atom stereocenters. The van der Waals surface area contributed by atoms with Crippen molar-refractivity contribution < 1.29 is 17.9 Å². The van der Waals surface area contributed by atoms with E-state index >= 15 is 0 Å². The number of sulfonamides is 1. The number of nitrogens with one attached hydrogen (secondary N) is 1. The second kappa shape index (κ2) is 9.59. The summed E-state index contributed by atoms with van der Waals surface area (Å²) in [5, 5.41) is 0. The maximum absolute atomic E-state index is 12.7. The first-order valence-electron chi connectivity index (χ1n) is 9.28. The number of hydrogen-bond donors (Lipinski definition) is 1. The summed E-state index contributed by atoms with van der Waals surface area (Å²) in [5.41, 5.74) is 2.36. The molecule has 2 aromatic carbocycles. The molecule has 2 aromatic rings. The fraction of sp³-hybridized carbons (Fsp3) is 0.381. The van der Waals surface area contributed by atoms with E-state index in [2.05, 4.69) is 11.6 Å². The molecule has 0 heterocycles. The molecule has 1 N–H and O–H groups in total. The van der Waals surface area contributed by atoms with E-state index in [1.54, 1.807) is 39.2 Å². The maximum Gasteiger partial charge on any atom is 0.261 e. The van der Waals surface area contributed by atoms with Gasteiger partial charge in [-0.15, -0.1) is 0 Å². The average Bonchev–Trinajstić information content (AvgIpc) is 2.65. The largest absolute Gasteiger partial charge is 0.483 e. The zero-order valence-electron chi connectivity index (χ0n) is 16.9. The first kappa shape index (κ1) is 21.8. The minimum atomic E-state index is -3.71. The fourth-order valence-corrected chi connectivity index (χ4v) is 3.70. The molecule has 0 saturated heterocycles. The van der Waals surface area contributed by atoms with Gasteiger partial charge in [0, 0.05) is 19.8 Å². The van der Waals surface area contributed by atoms with Gasteiger partial charge in [0.15, 0.2) is 6.61 Å². The van der Waals surface area contributed by atoms with Gasteiger partial charge in [0.05, 0.1) is 4.90 Å². The number of ether oxygens (including phenoxy) is 1.